The van der Waals surface area contributed by atoms with Gasteiger partial charge in [-0.2, -0.15) is 5.10 Å². The Balaban J connectivity index is 1.76. The molecule has 1 fully saturated rings. The lowest BCUT2D eigenvalue weighted by Gasteiger charge is -2.02. The number of benzene rings is 1. The summed E-state index contributed by atoms with van der Waals surface area (Å²) in [7, 11) is 0. The summed E-state index contributed by atoms with van der Waals surface area (Å²) in [5, 5.41) is 7.66. The van der Waals surface area contributed by atoms with E-state index in [4.69, 9.17) is 0 Å². The summed E-state index contributed by atoms with van der Waals surface area (Å²) in [5.41, 5.74) is 1.42. The zero-order valence-electron chi connectivity index (χ0n) is 9.74. The molecule has 2 aromatic rings. The van der Waals surface area contributed by atoms with Gasteiger partial charge in [-0.25, -0.2) is 13.5 Å². The predicted octanol–water partition coefficient (Wildman–Crippen LogP) is 2.40. The van der Waals surface area contributed by atoms with Crippen LogP contribution in [0, 0.1) is 11.6 Å². The van der Waals surface area contributed by atoms with Crippen molar-refractivity contribution in [2.45, 2.75) is 25.4 Å². The lowest BCUT2D eigenvalue weighted by atomic mass is 10.3. The molecular weight excluding hydrogens is 236 g/mol. The molecule has 1 aliphatic rings. The van der Waals surface area contributed by atoms with E-state index >= 15 is 0 Å². The second-order valence-electron chi connectivity index (χ2n) is 4.51. The minimum absolute atomic E-state index is 0.520. The molecule has 1 aromatic heterocycles. The van der Waals surface area contributed by atoms with E-state index in [9.17, 15) is 8.78 Å². The quantitative estimate of drug-likeness (QED) is 0.901. The molecule has 0 saturated heterocycles. The van der Waals surface area contributed by atoms with Gasteiger partial charge in [-0.15, -0.1) is 0 Å². The number of halogens is 2. The third-order valence-corrected chi connectivity index (χ3v) is 2.96. The normalized spacial score (nSPS) is 15.0. The Kier molecular flexibility index (Phi) is 2.83. The van der Waals surface area contributed by atoms with Gasteiger partial charge in [0.15, 0.2) is 11.6 Å². The molecule has 0 atom stereocenters. The minimum Gasteiger partial charge on any atom is -0.308 e. The SMILES string of the molecule is Fc1ccc(-n2ccc(CNC3CC3)n2)cc1F. The Morgan fingerprint density at radius 3 is 2.78 bits per heavy atom. The lowest BCUT2D eigenvalue weighted by Crippen LogP contribution is -2.15. The highest BCUT2D eigenvalue weighted by Crippen LogP contribution is 2.19. The van der Waals surface area contributed by atoms with Crippen molar-refractivity contribution in [3.63, 3.8) is 0 Å². The van der Waals surface area contributed by atoms with Crippen molar-refractivity contribution in [2.24, 2.45) is 0 Å². The van der Waals surface area contributed by atoms with E-state index in [1.807, 2.05) is 6.07 Å². The fourth-order valence-electron chi connectivity index (χ4n) is 1.76. The molecule has 1 N–H and O–H groups in total. The summed E-state index contributed by atoms with van der Waals surface area (Å²) in [5.74, 6) is -1.71. The molecule has 0 unspecified atom stereocenters. The van der Waals surface area contributed by atoms with E-state index in [-0.39, 0.29) is 0 Å². The van der Waals surface area contributed by atoms with Crippen LogP contribution in [0.1, 0.15) is 18.5 Å². The molecule has 0 amide bonds. The van der Waals surface area contributed by atoms with Crippen LogP contribution in [0.25, 0.3) is 5.69 Å². The van der Waals surface area contributed by atoms with Gasteiger partial charge in [-0.05, 0) is 31.0 Å². The second kappa shape index (κ2) is 4.49. The van der Waals surface area contributed by atoms with E-state index in [1.54, 1.807) is 10.9 Å². The molecule has 5 heteroatoms. The molecule has 18 heavy (non-hydrogen) atoms. The van der Waals surface area contributed by atoms with E-state index in [0.717, 1.165) is 17.8 Å². The molecule has 3 nitrogen and oxygen atoms in total. The number of hydrogen-bond donors (Lipinski definition) is 1. The van der Waals surface area contributed by atoms with Crippen LogP contribution in [0.2, 0.25) is 0 Å². The van der Waals surface area contributed by atoms with Gasteiger partial charge in [0, 0.05) is 24.8 Å². The average Bonchev–Trinajstić information content (AvgIpc) is 3.08. The summed E-state index contributed by atoms with van der Waals surface area (Å²) >= 11 is 0. The Morgan fingerprint density at radius 1 is 1.22 bits per heavy atom. The van der Waals surface area contributed by atoms with E-state index in [1.165, 1.54) is 18.9 Å². The minimum atomic E-state index is -0.861. The fraction of sp³-hybridized carbons (Fsp3) is 0.308. The zero-order valence-corrected chi connectivity index (χ0v) is 9.74. The Morgan fingerprint density at radius 2 is 2.06 bits per heavy atom. The molecular formula is C13H13F2N3. The first-order chi connectivity index (χ1) is 8.72. The van der Waals surface area contributed by atoms with Crippen LogP contribution in [0.4, 0.5) is 8.78 Å². The third-order valence-electron chi connectivity index (χ3n) is 2.96. The molecule has 1 aliphatic carbocycles. The van der Waals surface area contributed by atoms with Crippen molar-refractivity contribution in [1.29, 1.82) is 0 Å². The van der Waals surface area contributed by atoms with Gasteiger partial charge < -0.3 is 5.32 Å². The van der Waals surface area contributed by atoms with Crippen LogP contribution in [-0.2, 0) is 6.54 Å². The third kappa shape index (κ3) is 2.41. The monoisotopic (exact) mass is 249 g/mol. The topological polar surface area (TPSA) is 29.9 Å². The first kappa shape index (κ1) is 11.3. The maximum Gasteiger partial charge on any atom is 0.160 e. The van der Waals surface area contributed by atoms with Crippen molar-refractivity contribution in [3.8, 4) is 5.69 Å². The largest absolute Gasteiger partial charge is 0.308 e. The van der Waals surface area contributed by atoms with Crippen molar-refractivity contribution in [1.82, 2.24) is 15.1 Å². The average molecular weight is 249 g/mol. The lowest BCUT2D eigenvalue weighted by molar-refractivity contribution is 0.507. The van der Waals surface area contributed by atoms with Gasteiger partial charge >= 0.3 is 0 Å². The first-order valence-electron chi connectivity index (χ1n) is 5.96. The van der Waals surface area contributed by atoms with Gasteiger partial charge in [0.05, 0.1) is 11.4 Å². The highest BCUT2D eigenvalue weighted by Gasteiger charge is 2.20. The van der Waals surface area contributed by atoms with Crippen molar-refractivity contribution in [2.75, 3.05) is 0 Å². The van der Waals surface area contributed by atoms with Crippen LogP contribution in [0.5, 0.6) is 0 Å². The maximum atomic E-state index is 13.1. The van der Waals surface area contributed by atoms with Gasteiger partial charge in [-0.1, -0.05) is 0 Å². The molecule has 3 rings (SSSR count). The molecule has 1 aromatic carbocycles. The Hall–Kier alpha value is -1.75. The van der Waals surface area contributed by atoms with Gasteiger partial charge in [-0.3, -0.25) is 0 Å². The summed E-state index contributed by atoms with van der Waals surface area (Å²) in [6, 6.07) is 6.24. The number of nitrogens with zero attached hydrogens (tertiary/aromatic N) is 2. The van der Waals surface area contributed by atoms with Gasteiger partial charge in [0.25, 0.3) is 0 Å². The van der Waals surface area contributed by atoms with E-state index < -0.39 is 11.6 Å². The second-order valence-corrected chi connectivity index (χ2v) is 4.51. The highest BCUT2D eigenvalue weighted by atomic mass is 19.2. The number of hydrogen-bond acceptors (Lipinski definition) is 2. The van der Waals surface area contributed by atoms with Crippen LogP contribution in [-0.4, -0.2) is 15.8 Å². The maximum absolute atomic E-state index is 13.1. The van der Waals surface area contributed by atoms with Crippen molar-refractivity contribution < 1.29 is 8.78 Å². The summed E-state index contributed by atoms with van der Waals surface area (Å²) in [6.45, 7) is 0.710. The van der Waals surface area contributed by atoms with Gasteiger partial charge in [0.2, 0.25) is 0 Å². The Bertz CT molecular complexity index is 561. The molecule has 1 saturated carbocycles. The molecule has 1 heterocycles. The molecule has 0 aliphatic heterocycles. The number of aromatic nitrogens is 2. The number of nitrogens with one attached hydrogen (secondary N) is 1. The first-order valence-corrected chi connectivity index (χ1v) is 5.96. The summed E-state index contributed by atoms with van der Waals surface area (Å²) in [6.07, 6.45) is 4.20. The van der Waals surface area contributed by atoms with E-state index in [2.05, 4.69) is 10.4 Å². The van der Waals surface area contributed by atoms with Crippen molar-refractivity contribution >= 4 is 0 Å². The molecule has 0 radical (unpaired) electrons. The predicted molar refractivity (Wildman–Crippen MR) is 63.3 cm³/mol. The van der Waals surface area contributed by atoms with Crippen molar-refractivity contribution in [3.05, 3.63) is 47.8 Å². The molecule has 0 bridgehead atoms. The van der Waals surface area contributed by atoms with Crippen LogP contribution >= 0.6 is 0 Å². The van der Waals surface area contributed by atoms with Gasteiger partial charge in [0.1, 0.15) is 0 Å². The fourth-order valence-corrected chi connectivity index (χ4v) is 1.76. The van der Waals surface area contributed by atoms with Crippen LogP contribution < -0.4 is 5.32 Å². The smallest absolute Gasteiger partial charge is 0.160 e. The van der Waals surface area contributed by atoms with Crippen LogP contribution in [0.3, 0.4) is 0 Å². The summed E-state index contributed by atoms with van der Waals surface area (Å²) in [4.78, 5) is 0. The van der Waals surface area contributed by atoms with E-state index in [0.29, 0.717) is 18.3 Å². The Labute approximate surface area is 103 Å². The highest BCUT2D eigenvalue weighted by molar-refractivity contribution is 5.32. The number of rotatable bonds is 4. The standard InChI is InChI=1S/C13H13F2N3/c14-12-4-3-11(7-13(12)15)18-6-5-10(17-18)8-16-9-1-2-9/h3-7,9,16H,1-2,8H2. The molecule has 94 valence electrons. The summed E-state index contributed by atoms with van der Waals surface area (Å²) < 4.78 is 27.5. The zero-order chi connectivity index (χ0) is 12.5. The van der Waals surface area contributed by atoms with Crippen LogP contribution in [0.15, 0.2) is 30.5 Å². The molecule has 0 spiro atoms.